The first-order valence-electron chi connectivity index (χ1n) is 15.4. The van der Waals surface area contributed by atoms with Gasteiger partial charge in [-0.25, -0.2) is 0 Å². The molecule has 0 unspecified atom stereocenters. The molecule has 2 saturated heterocycles. The molecule has 172 valence electrons. The lowest BCUT2D eigenvalue weighted by atomic mass is 10.0. The van der Waals surface area contributed by atoms with Crippen molar-refractivity contribution in [3.05, 3.63) is 64.7 Å². The van der Waals surface area contributed by atoms with Gasteiger partial charge in [-0.05, 0) is 29.6 Å². The Labute approximate surface area is 206 Å². The van der Waals surface area contributed by atoms with Gasteiger partial charge in [-0.2, -0.15) is 0 Å². The SMILES string of the molecule is [2H]C([2H])(Nc1cccc2c1C([2H])([2H])N([C@@H]1C(=O)NC(=O)C([2H])([2H])C1([2H])[2H])C2=O)c1ccc(C([2H])([2H])N2CCOCC2)cc1. The maximum absolute atomic E-state index is 13.5. The van der Waals surface area contributed by atoms with Gasteiger partial charge in [0.25, 0.3) is 5.91 Å². The molecule has 0 radical (unpaired) electrons. The van der Waals surface area contributed by atoms with E-state index >= 15 is 0 Å². The molecule has 0 saturated carbocycles. The van der Waals surface area contributed by atoms with E-state index in [9.17, 15) is 14.4 Å². The zero-order valence-corrected chi connectivity index (χ0v) is 17.5. The van der Waals surface area contributed by atoms with Crippen LogP contribution in [-0.4, -0.2) is 59.9 Å². The summed E-state index contributed by atoms with van der Waals surface area (Å²) in [5.41, 5.74) is -0.536. The second-order valence-corrected chi connectivity index (χ2v) is 7.54. The van der Waals surface area contributed by atoms with E-state index in [0.717, 1.165) is 0 Å². The summed E-state index contributed by atoms with van der Waals surface area (Å²) in [7, 11) is 0. The summed E-state index contributed by atoms with van der Waals surface area (Å²) in [5, 5.41) is 4.27. The van der Waals surface area contributed by atoms with Crippen molar-refractivity contribution in [1.82, 2.24) is 15.1 Å². The highest BCUT2D eigenvalue weighted by Crippen LogP contribution is 2.32. The van der Waals surface area contributed by atoms with Gasteiger partial charge in [0.05, 0.1) is 18.7 Å². The Morgan fingerprint density at radius 3 is 2.64 bits per heavy atom. The minimum atomic E-state index is -3.31. The number of carbonyl (C=O) groups is 3. The van der Waals surface area contributed by atoms with Crippen LogP contribution in [0.5, 0.6) is 0 Å². The highest BCUT2D eigenvalue weighted by atomic mass is 16.5. The maximum atomic E-state index is 13.5. The molecular formula is C25H28N4O4. The number of benzene rings is 2. The van der Waals surface area contributed by atoms with Gasteiger partial charge < -0.3 is 15.0 Å². The smallest absolute Gasteiger partial charge is 0.255 e. The molecule has 33 heavy (non-hydrogen) atoms. The summed E-state index contributed by atoms with van der Waals surface area (Å²) in [6.07, 6.45) is -6.59. The quantitative estimate of drug-likeness (QED) is 0.643. The monoisotopic (exact) mass is 458 g/mol. The van der Waals surface area contributed by atoms with Gasteiger partial charge in [0.1, 0.15) is 6.04 Å². The number of morpholine rings is 1. The molecule has 3 aliphatic rings. The van der Waals surface area contributed by atoms with E-state index < -0.39 is 61.6 Å². The lowest BCUT2D eigenvalue weighted by molar-refractivity contribution is -0.136. The van der Waals surface area contributed by atoms with Gasteiger partial charge in [-0.1, -0.05) is 30.3 Å². The summed E-state index contributed by atoms with van der Waals surface area (Å²) in [5.74, 6) is -4.09. The number of piperidine rings is 1. The van der Waals surface area contributed by atoms with Crippen LogP contribution in [0.1, 0.15) is 53.5 Å². The topological polar surface area (TPSA) is 91.0 Å². The normalized spacial score (nSPS) is 31.1. The molecule has 0 bridgehead atoms. The number of hydrogen-bond donors (Lipinski definition) is 2. The molecule has 2 aromatic carbocycles. The summed E-state index contributed by atoms with van der Waals surface area (Å²) in [6, 6.07) is 7.16. The van der Waals surface area contributed by atoms with Crippen molar-refractivity contribution in [2.75, 3.05) is 31.6 Å². The Balaban J connectivity index is 1.46. The standard InChI is InChI=1S/C25H28N4O4/c30-23-9-8-22(24(31)27-23)29-16-20-19(25(29)32)2-1-3-21(20)26-14-17-4-6-18(7-5-17)15-28-10-12-33-13-11-28/h1-7,22,26H,8-16H2,(H,27,30,31)/t22-/m0/s1/i8D2,9D2,14D2,15D2,16D2. The third-order valence-electron chi connectivity index (χ3n) is 5.34. The van der Waals surface area contributed by atoms with Crippen LogP contribution in [0.2, 0.25) is 0 Å². The van der Waals surface area contributed by atoms with Crippen LogP contribution in [-0.2, 0) is 33.8 Å². The largest absolute Gasteiger partial charge is 0.381 e. The van der Waals surface area contributed by atoms with Crippen LogP contribution in [0.25, 0.3) is 0 Å². The second kappa shape index (κ2) is 9.33. The van der Waals surface area contributed by atoms with Crippen LogP contribution in [0.4, 0.5) is 5.69 Å². The molecular weight excluding hydrogens is 420 g/mol. The van der Waals surface area contributed by atoms with Crippen LogP contribution >= 0.6 is 0 Å². The van der Waals surface area contributed by atoms with Crippen LogP contribution < -0.4 is 10.6 Å². The van der Waals surface area contributed by atoms with Crippen LogP contribution in [0.3, 0.4) is 0 Å². The van der Waals surface area contributed by atoms with Gasteiger partial charge in [-0.15, -0.1) is 0 Å². The van der Waals surface area contributed by atoms with Gasteiger partial charge in [-0.3, -0.25) is 24.6 Å². The molecule has 8 nitrogen and oxygen atoms in total. The zero-order chi connectivity index (χ0) is 31.8. The first-order valence-corrected chi connectivity index (χ1v) is 10.4. The summed E-state index contributed by atoms with van der Waals surface area (Å²) in [4.78, 5) is 40.1. The van der Waals surface area contributed by atoms with Crippen molar-refractivity contribution in [2.45, 2.75) is 38.3 Å². The van der Waals surface area contributed by atoms with Gasteiger partial charge in [0.15, 0.2) is 0 Å². The minimum absolute atomic E-state index is 0.0584. The molecule has 3 amide bonds. The van der Waals surface area contributed by atoms with E-state index in [1.807, 2.05) is 0 Å². The number of nitrogens with zero attached hydrogens (tertiary/aromatic N) is 2. The third kappa shape index (κ3) is 4.62. The number of amides is 3. The number of imide groups is 1. The Bertz CT molecular complexity index is 1480. The summed E-state index contributed by atoms with van der Waals surface area (Å²) < 4.78 is 89.7. The first-order chi connectivity index (χ1) is 19.8. The van der Waals surface area contributed by atoms with Gasteiger partial charge in [0.2, 0.25) is 11.8 Å². The van der Waals surface area contributed by atoms with E-state index in [4.69, 9.17) is 18.4 Å². The van der Waals surface area contributed by atoms with Gasteiger partial charge >= 0.3 is 0 Å². The average molecular weight is 459 g/mol. The number of carbonyl (C=O) groups excluding carboxylic acids is 3. The lowest BCUT2D eigenvalue weighted by Gasteiger charge is -2.29. The number of anilines is 1. The molecule has 0 aliphatic carbocycles. The van der Waals surface area contributed by atoms with Crippen LogP contribution in [0, 0.1) is 0 Å². The minimum Gasteiger partial charge on any atom is -0.381 e. The zero-order valence-electron chi connectivity index (χ0n) is 27.5. The van der Waals surface area contributed by atoms with Crippen molar-refractivity contribution in [3.63, 3.8) is 0 Å². The van der Waals surface area contributed by atoms with E-state index in [0.29, 0.717) is 31.9 Å². The fraction of sp³-hybridized carbons (Fsp3) is 0.400. The number of ether oxygens (including phenoxy) is 1. The summed E-state index contributed by atoms with van der Waals surface area (Å²) >= 11 is 0. The lowest BCUT2D eigenvalue weighted by Crippen LogP contribution is -2.52. The van der Waals surface area contributed by atoms with Gasteiger partial charge in [0, 0.05) is 64.0 Å². The molecule has 3 aliphatic heterocycles. The third-order valence-corrected chi connectivity index (χ3v) is 5.34. The number of hydrogen-bond acceptors (Lipinski definition) is 6. The van der Waals surface area contributed by atoms with Crippen molar-refractivity contribution in [1.29, 1.82) is 0 Å². The van der Waals surface area contributed by atoms with Crippen LogP contribution in [0.15, 0.2) is 42.5 Å². The van der Waals surface area contributed by atoms with E-state index in [-0.39, 0.29) is 21.7 Å². The fourth-order valence-electron chi connectivity index (χ4n) is 3.66. The molecule has 3 heterocycles. The first kappa shape index (κ1) is 12.9. The molecule has 2 fully saturated rings. The highest BCUT2D eigenvalue weighted by molar-refractivity contribution is 6.06. The average Bonchev–Trinajstić information content (AvgIpc) is 3.14. The molecule has 2 aromatic rings. The molecule has 5 rings (SSSR count). The van der Waals surface area contributed by atoms with Crippen molar-refractivity contribution in [3.8, 4) is 0 Å². The van der Waals surface area contributed by atoms with E-state index in [1.165, 1.54) is 42.5 Å². The Kier molecular flexibility index (Phi) is 3.64. The molecule has 0 spiro atoms. The molecule has 2 N–H and O–H groups in total. The number of rotatable bonds is 6. The predicted octanol–water partition coefficient (Wildman–Crippen LogP) is 1.89. The Morgan fingerprint density at radius 1 is 1.09 bits per heavy atom. The van der Waals surface area contributed by atoms with Crippen molar-refractivity contribution >= 4 is 23.4 Å². The maximum Gasteiger partial charge on any atom is 0.255 e. The van der Waals surface area contributed by atoms with E-state index in [1.54, 1.807) is 10.2 Å². The molecule has 8 heteroatoms. The summed E-state index contributed by atoms with van der Waals surface area (Å²) in [6.45, 7) is -5.60. The highest BCUT2D eigenvalue weighted by Gasteiger charge is 2.39. The van der Waals surface area contributed by atoms with Crippen molar-refractivity contribution < 1.29 is 32.8 Å². The Morgan fingerprint density at radius 2 is 1.85 bits per heavy atom. The Hall–Kier alpha value is -3.23. The predicted molar refractivity (Wildman–Crippen MR) is 122 cm³/mol. The fourth-order valence-corrected chi connectivity index (χ4v) is 3.66. The number of fused-ring (bicyclic) bond motifs is 1. The van der Waals surface area contributed by atoms with E-state index in [2.05, 4.69) is 5.32 Å². The number of nitrogens with one attached hydrogen (secondary N) is 2. The molecule has 0 aromatic heterocycles. The second-order valence-electron chi connectivity index (χ2n) is 7.54. The van der Waals surface area contributed by atoms with Crippen molar-refractivity contribution in [2.24, 2.45) is 0 Å². The molecule has 1 atom stereocenters.